The van der Waals surface area contributed by atoms with Crippen LogP contribution < -0.4 is 4.90 Å². The molecule has 3 aliphatic rings. The maximum Gasteiger partial charge on any atom is 0.256 e. The lowest BCUT2D eigenvalue weighted by atomic mass is 10.1. The topological polar surface area (TPSA) is 60.9 Å². The molecule has 154 valence electrons. The second-order valence-electron chi connectivity index (χ2n) is 8.19. The fourth-order valence-corrected chi connectivity index (χ4v) is 6.15. The van der Waals surface area contributed by atoms with Crippen LogP contribution in [0.3, 0.4) is 0 Å². The number of hydrogen-bond donors (Lipinski definition) is 0. The zero-order chi connectivity index (χ0) is 19.6. The Balaban J connectivity index is 1.70. The minimum atomic E-state index is -3.54. The van der Waals surface area contributed by atoms with Gasteiger partial charge in [0.15, 0.2) is 0 Å². The summed E-state index contributed by atoms with van der Waals surface area (Å²) in [4.78, 5) is 17.7. The third-order valence-corrected chi connectivity index (χ3v) is 8.14. The molecule has 28 heavy (non-hydrogen) atoms. The minimum Gasteiger partial charge on any atom is -0.371 e. The molecule has 6 nitrogen and oxygen atoms in total. The number of likely N-dealkylation sites (tertiary alicyclic amines) is 1. The van der Waals surface area contributed by atoms with Gasteiger partial charge in [0, 0.05) is 45.0 Å². The molecule has 0 radical (unpaired) electrons. The average Bonchev–Trinajstić information content (AvgIpc) is 3.29. The molecule has 1 aromatic carbocycles. The Kier molecular flexibility index (Phi) is 5.92. The van der Waals surface area contributed by atoms with Gasteiger partial charge in [0.05, 0.1) is 10.5 Å². The number of rotatable bonds is 4. The van der Waals surface area contributed by atoms with E-state index in [1.165, 1.54) is 0 Å². The molecule has 0 spiro atoms. The highest BCUT2D eigenvalue weighted by Crippen LogP contribution is 2.31. The first-order chi connectivity index (χ1) is 13.6. The second-order valence-corrected chi connectivity index (χ2v) is 10.1. The maximum absolute atomic E-state index is 13.3. The van der Waals surface area contributed by atoms with Crippen molar-refractivity contribution < 1.29 is 13.2 Å². The van der Waals surface area contributed by atoms with Crippen LogP contribution in [0.5, 0.6) is 0 Å². The summed E-state index contributed by atoms with van der Waals surface area (Å²) < 4.78 is 27.9. The van der Waals surface area contributed by atoms with Crippen molar-refractivity contribution in [1.29, 1.82) is 0 Å². The van der Waals surface area contributed by atoms with Gasteiger partial charge in [0.2, 0.25) is 10.0 Å². The van der Waals surface area contributed by atoms with Crippen molar-refractivity contribution in [3.63, 3.8) is 0 Å². The molecular weight excluding hydrogens is 374 g/mol. The zero-order valence-electron chi connectivity index (χ0n) is 16.6. The average molecular weight is 406 g/mol. The number of nitrogens with zero attached hydrogens (tertiary/aromatic N) is 3. The van der Waals surface area contributed by atoms with Gasteiger partial charge in [-0.25, -0.2) is 8.42 Å². The zero-order valence-corrected chi connectivity index (χ0v) is 17.4. The Labute approximate surface area is 168 Å². The summed E-state index contributed by atoms with van der Waals surface area (Å²) in [5.41, 5.74) is 1.45. The number of anilines is 1. The highest BCUT2D eigenvalue weighted by molar-refractivity contribution is 7.89. The van der Waals surface area contributed by atoms with Crippen LogP contribution >= 0.6 is 0 Å². The number of carbonyl (C=O) groups excluding carboxylic acids is 1. The second kappa shape index (κ2) is 8.41. The van der Waals surface area contributed by atoms with Crippen molar-refractivity contribution in [2.45, 2.75) is 56.3 Å². The quantitative estimate of drug-likeness (QED) is 0.772. The first kappa shape index (κ1) is 19.7. The largest absolute Gasteiger partial charge is 0.371 e. The predicted octanol–water partition coefficient (Wildman–Crippen LogP) is 3.09. The van der Waals surface area contributed by atoms with E-state index in [1.807, 2.05) is 11.0 Å². The van der Waals surface area contributed by atoms with Gasteiger partial charge in [-0.15, -0.1) is 0 Å². The molecular formula is C21H31N3O3S. The van der Waals surface area contributed by atoms with E-state index in [0.29, 0.717) is 18.7 Å². The van der Waals surface area contributed by atoms with Crippen LogP contribution in [0.1, 0.15) is 61.7 Å². The van der Waals surface area contributed by atoms with Crippen LogP contribution in [0, 0.1) is 0 Å². The first-order valence-electron chi connectivity index (χ1n) is 10.8. The molecule has 3 fully saturated rings. The van der Waals surface area contributed by atoms with Gasteiger partial charge in [-0.3, -0.25) is 4.79 Å². The Bertz CT molecular complexity index is 806. The summed E-state index contributed by atoms with van der Waals surface area (Å²) in [6.45, 7) is 4.54. The van der Waals surface area contributed by atoms with Gasteiger partial charge in [-0.1, -0.05) is 6.42 Å². The van der Waals surface area contributed by atoms with Crippen LogP contribution in [-0.4, -0.2) is 62.8 Å². The lowest BCUT2D eigenvalue weighted by molar-refractivity contribution is 0.0724. The molecule has 0 unspecified atom stereocenters. The predicted molar refractivity (Wildman–Crippen MR) is 110 cm³/mol. The van der Waals surface area contributed by atoms with Gasteiger partial charge >= 0.3 is 0 Å². The molecule has 0 aromatic heterocycles. The molecule has 3 saturated heterocycles. The fourth-order valence-electron chi connectivity index (χ4n) is 4.60. The van der Waals surface area contributed by atoms with Crippen molar-refractivity contribution in [3.8, 4) is 0 Å². The van der Waals surface area contributed by atoms with E-state index < -0.39 is 10.0 Å². The first-order valence-corrected chi connectivity index (χ1v) is 12.2. The molecule has 3 heterocycles. The monoisotopic (exact) mass is 405 g/mol. The molecule has 1 amide bonds. The summed E-state index contributed by atoms with van der Waals surface area (Å²) in [7, 11) is -3.54. The molecule has 0 bridgehead atoms. The summed E-state index contributed by atoms with van der Waals surface area (Å²) in [6, 6.07) is 5.21. The van der Waals surface area contributed by atoms with Crippen molar-refractivity contribution in [2.24, 2.45) is 0 Å². The van der Waals surface area contributed by atoms with E-state index in [9.17, 15) is 13.2 Å². The van der Waals surface area contributed by atoms with Gasteiger partial charge < -0.3 is 9.80 Å². The Hall–Kier alpha value is -1.60. The number of carbonyl (C=O) groups is 1. The van der Waals surface area contributed by atoms with Gasteiger partial charge in [0.25, 0.3) is 5.91 Å². The van der Waals surface area contributed by atoms with E-state index in [1.54, 1.807) is 16.4 Å². The molecule has 4 rings (SSSR count). The van der Waals surface area contributed by atoms with Crippen molar-refractivity contribution >= 4 is 21.6 Å². The molecule has 0 aliphatic carbocycles. The highest BCUT2D eigenvalue weighted by Gasteiger charge is 2.30. The van der Waals surface area contributed by atoms with Crippen molar-refractivity contribution in [2.75, 3.05) is 44.2 Å². The number of benzene rings is 1. The lowest BCUT2D eigenvalue weighted by Crippen LogP contribution is -2.37. The number of amides is 1. The standard InChI is InChI=1S/C21H31N3O3S/c25-21(23-13-3-1-4-14-23)19-17-18(9-10-20(19)22-11-7-8-12-22)28(26,27)24-15-5-2-6-16-24/h9-10,17H,1-8,11-16H2. The highest BCUT2D eigenvalue weighted by atomic mass is 32.2. The van der Waals surface area contributed by atoms with Gasteiger partial charge in [0.1, 0.15) is 0 Å². The Morgan fingerprint density at radius 2 is 1.32 bits per heavy atom. The van der Waals surface area contributed by atoms with Crippen LogP contribution in [0.15, 0.2) is 23.1 Å². The van der Waals surface area contributed by atoms with Crippen molar-refractivity contribution in [1.82, 2.24) is 9.21 Å². The van der Waals surface area contributed by atoms with E-state index in [0.717, 1.165) is 83.2 Å². The smallest absolute Gasteiger partial charge is 0.256 e. The van der Waals surface area contributed by atoms with E-state index in [2.05, 4.69) is 4.90 Å². The van der Waals surface area contributed by atoms with E-state index in [4.69, 9.17) is 0 Å². The Morgan fingerprint density at radius 1 is 0.750 bits per heavy atom. The molecule has 7 heteroatoms. The molecule has 1 aromatic rings. The third kappa shape index (κ3) is 3.92. The Morgan fingerprint density at radius 3 is 1.96 bits per heavy atom. The van der Waals surface area contributed by atoms with E-state index in [-0.39, 0.29) is 10.8 Å². The molecule has 0 N–H and O–H groups in total. The van der Waals surface area contributed by atoms with Crippen molar-refractivity contribution in [3.05, 3.63) is 23.8 Å². The number of sulfonamides is 1. The summed E-state index contributed by atoms with van der Waals surface area (Å²) in [6.07, 6.45) is 8.34. The summed E-state index contributed by atoms with van der Waals surface area (Å²) in [5.74, 6) is -0.0164. The number of hydrogen-bond acceptors (Lipinski definition) is 4. The van der Waals surface area contributed by atoms with Gasteiger partial charge in [-0.05, 0) is 63.1 Å². The maximum atomic E-state index is 13.3. The minimum absolute atomic E-state index is 0.0164. The molecule has 0 atom stereocenters. The normalized spacial score (nSPS) is 21.9. The lowest BCUT2D eigenvalue weighted by Gasteiger charge is -2.30. The fraction of sp³-hybridized carbons (Fsp3) is 0.667. The summed E-state index contributed by atoms with van der Waals surface area (Å²) in [5, 5.41) is 0. The van der Waals surface area contributed by atoms with Crippen LogP contribution in [-0.2, 0) is 10.0 Å². The molecule has 0 saturated carbocycles. The van der Waals surface area contributed by atoms with Crippen LogP contribution in [0.25, 0.3) is 0 Å². The number of piperidine rings is 2. The summed E-state index contributed by atoms with van der Waals surface area (Å²) >= 11 is 0. The molecule has 3 aliphatic heterocycles. The third-order valence-electron chi connectivity index (χ3n) is 6.24. The van der Waals surface area contributed by atoms with Crippen LogP contribution in [0.4, 0.5) is 5.69 Å². The van der Waals surface area contributed by atoms with Crippen LogP contribution in [0.2, 0.25) is 0 Å². The van der Waals surface area contributed by atoms with E-state index >= 15 is 0 Å². The SMILES string of the molecule is O=C(c1cc(S(=O)(=O)N2CCCCC2)ccc1N1CCCC1)N1CCCCC1. The van der Waals surface area contributed by atoms with Gasteiger partial charge in [-0.2, -0.15) is 4.31 Å².